The smallest absolute Gasteiger partial charge is 0.0537 e. The van der Waals surface area contributed by atoms with Crippen LogP contribution in [0.1, 0.15) is 28.9 Å². The zero-order valence-corrected chi connectivity index (χ0v) is 11.3. The van der Waals surface area contributed by atoms with Crippen molar-refractivity contribution >= 4 is 0 Å². The molecule has 0 bridgehead atoms. The molecule has 0 saturated heterocycles. The van der Waals surface area contributed by atoms with Gasteiger partial charge in [-0.15, -0.1) is 0 Å². The summed E-state index contributed by atoms with van der Waals surface area (Å²) in [7, 11) is 1.97. The first-order chi connectivity index (χ1) is 8.68. The molecule has 2 N–H and O–H groups in total. The lowest BCUT2D eigenvalue weighted by molar-refractivity contribution is 0.645. The fourth-order valence-corrected chi connectivity index (χ4v) is 1.97. The number of aryl methyl sites for hydroxylation is 3. The molecule has 0 unspecified atom stereocenters. The second-order valence-corrected chi connectivity index (χ2v) is 4.68. The normalized spacial score (nSPS) is 11.1. The highest BCUT2D eigenvalue weighted by molar-refractivity contribution is 5.15. The largest absolute Gasteiger partial charge is 0.313 e. The molecule has 0 saturated carbocycles. The monoisotopic (exact) mass is 247 g/mol. The molecule has 0 fully saturated rings. The molecule has 2 rings (SSSR count). The van der Waals surface area contributed by atoms with Gasteiger partial charge < -0.3 is 5.32 Å². The van der Waals surface area contributed by atoms with Crippen molar-refractivity contribution < 1.29 is 0 Å². The first kappa shape index (κ1) is 12.8. The maximum Gasteiger partial charge on any atom is 0.0537 e. The topological polar surface area (TPSA) is 58.5 Å². The van der Waals surface area contributed by atoms with E-state index in [1.165, 1.54) is 22.5 Å². The quantitative estimate of drug-likeness (QED) is 0.760. The number of hydrogen-bond donors (Lipinski definition) is 2. The van der Waals surface area contributed by atoms with Crippen molar-refractivity contribution in [3.8, 4) is 0 Å². The maximum atomic E-state index is 4.23. The molecule has 2 heterocycles. The van der Waals surface area contributed by atoms with Crippen molar-refractivity contribution in [1.82, 2.24) is 25.3 Å². The van der Waals surface area contributed by atoms with E-state index in [2.05, 4.69) is 34.5 Å². The number of aromatic nitrogens is 4. The summed E-state index contributed by atoms with van der Waals surface area (Å²) in [5.74, 6) is 0. The number of nitrogens with one attached hydrogen (secondary N) is 2. The minimum Gasteiger partial charge on any atom is -0.313 e. The van der Waals surface area contributed by atoms with E-state index in [1.807, 2.05) is 24.1 Å². The van der Waals surface area contributed by atoms with Crippen molar-refractivity contribution in [2.45, 2.75) is 33.2 Å². The van der Waals surface area contributed by atoms with Crippen molar-refractivity contribution in [3.05, 3.63) is 34.9 Å². The molecule has 0 aliphatic carbocycles. The number of nitrogens with zero attached hydrogens (tertiary/aromatic N) is 3. The standard InChI is InChI=1S/C13H21N5/c1-10-12(8-15-17-10)5-4-6-14-7-13-9-16-18(3)11(13)2/h8-9,14H,4-7H2,1-3H3,(H,15,17). The van der Waals surface area contributed by atoms with Gasteiger partial charge in [0.25, 0.3) is 0 Å². The Hall–Kier alpha value is -1.62. The molecule has 0 radical (unpaired) electrons. The number of rotatable bonds is 6. The lowest BCUT2D eigenvalue weighted by Crippen LogP contribution is -2.15. The Bertz CT molecular complexity index is 497. The summed E-state index contributed by atoms with van der Waals surface area (Å²) in [5.41, 5.74) is 5.00. The minimum atomic E-state index is 0.893. The predicted octanol–water partition coefficient (Wildman–Crippen LogP) is 1.48. The van der Waals surface area contributed by atoms with Crippen LogP contribution in [0.4, 0.5) is 0 Å². The van der Waals surface area contributed by atoms with E-state index < -0.39 is 0 Å². The number of hydrogen-bond acceptors (Lipinski definition) is 3. The summed E-state index contributed by atoms with van der Waals surface area (Å²) in [6, 6.07) is 0. The molecule has 0 amide bonds. The minimum absolute atomic E-state index is 0.893. The number of aromatic amines is 1. The summed E-state index contributed by atoms with van der Waals surface area (Å²) in [4.78, 5) is 0. The summed E-state index contributed by atoms with van der Waals surface area (Å²) in [6.45, 7) is 6.07. The third kappa shape index (κ3) is 2.98. The molecule has 0 atom stereocenters. The van der Waals surface area contributed by atoms with E-state index in [0.717, 1.165) is 25.9 Å². The average molecular weight is 247 g/mol. The van der Waals surface area contributed by atoms with Gasteiger partial charge in [0.05, 0.1) is 12.4 Å². The first-order valence-electron chi connectivity index (χ1n) is 6.35. The molecule has 98 valence electrons. The molecule has 5 heteroatoms. The molecule has 0 spiro atoms. The van der Waals surface area contributed by atoms with Gasteiger partial charge in [-0.2, -0.15) is 10.2 Å². The van der Waals surface area contributed by atoms with Crippen LogP contribution in [0.3, 0.4) is 0 Å². The van der Waals surface area contributed by atoms with Crippen LogP contribution < -0.4 is 5.32 Å². The molecule has 5 nitrogen and oxygen atoms in total. The zero-order chi connectivity index (χ0) is 13.0. The van der Waals surface area contributed by atoms with Gasteiger partial charge in [-0.3, -0.25) is 9.78 Å². The maximum absolute atomic E-state index is 4.23. The lowest BCUT2D eigenvalue weighted by atomic mass is 10.1. The predicted molar refractivity (Wildman–Crippen MR) is 71.3 cm³/mol. The van der Waals surface area contributed by atoms with E-state index in [0.29, 0.717) is 0 Å². The molecule has 2 aromatic heterocycles. The lowest BCUT2D eigenvalue weighted by Gasteiger charge is -2.04. The van der Waals surface area contributed by atoms with Crippen LogP contribution in [0, 0.1) is 13.8 Å². The van der Waals surface area contributed by atoms with Crippen molar-refractivity contribution in [2.24, 2.45) is 7.05 Å². The third-order valence-electron chi connectivity index (χ3n) is 3.39. The van der Waals surface area contributed by atoms with Gasteiger partial charge in [0.2, 0.25) is 0 Å². The third-order valence-corrected chi connectivity index (χ3v) is 3.39. The Labute approximate surface area is 108 Å². The highest BCUT2D eigenvalue weighted by Gasteiger charge is 2.03. The van der Waals surface area contributed by atoms with Gasteiger partial charge >= 0.3 is 0 Å². The summed E-state index contributed by atoms with van der Waals surface area (Å²) < 4.78 is 1.91. The van der Waals surface area contributed by atoms with Gasteiger partial charge in [-0.25, -0.2) is 0 Å². The number of H-pyrrole nitrogens is 1. The van der Waals surface area contributed by atoms with Gasteiger partial charge in [0, 0.05) is 30.5 Å². The SMILES string of the molecule is Cc1[nH]ncc1CCCNCc1cnn(C)c1C. The van der Waals surface area contributed by atoms with Crippen LogP contribution in [0.2, 0.25) is 0 Å². The second kappa shape index (κ2) is 5.82. The van der Waals surface area contributed by atoms with Crippen LogP contribution in [0.15, 0.2) is 12.4 Å². The van der Waals surface area contributed by atoms with Gasteiger partial charge in [-0.05, 0) is 38.8 Å². The zero-order valence-electron chi connectivity index (χ0n) is 11.3. The van der Waals surface area contributed by atoms with E-state index in [9.17, 15) is 0 Å². The summed E-state index contributed by atoms with van der Waals surface area (Å²) in [5, 5.41) is 14.7. The summed E-state index contributed by atoms with van der Waals surface area (Å²) >= 11 is 0. The fraction of sp³-hybridized carbons (Fsp3) is 0.538. The molecule has 2 aromatic rings. The van der Waals surface area contributed by atoms with Crippen LogP contribution >= 0.6 is 0 Å². The molecular weight excluding hydrogens is 226 g/mol. The highest BCUT2D eigenvalue weighted by Crippen LogP contribution is 2.06. The second-order valence-electron chi connectivity index (χ2n) is 4.68. The molecule has 0 aromatic carbocycles. The Morgan fingerprint density at radius 1 is 1.28 bits per heavy atom. The van der Waals surface area contributed by atoms with Crippen molar-refractivity contribution in [1.29, 1.82) is 0 Å². The Morgan fingerprint density at radius 2 is 2.11 bits per heavy atom. The Balaban J connectivity index is 1.68. The molecular formula is C13H21N5. The molecule has 18 heavy (non-hydrogen) atoms. The van der Waals surface area contributed by atoms with E-state index in [4.69, 9.17) is 0 Å². The van der Waals surface area contributed by atoms with Crippen molar-refractivity contribution in [2.75, 3.05) is 6.54 Å². The van der Waals surface area contributed by atoms with E-state index in [1.54, 1.807) is 0 Å². The van der Waals surface area contributed by atoms with Crippen LogP contribution in [0.5, 0.6) is 0 Å². The molecule has 0 aliphatic heterocycles. The highest BCUT2D eigenvalue weighted by atomic mass is 15.3. The first-order valence-corrected chi connectivity index (χ1v) is 6.35. The van der Waals surface area contributed by atoms with E-state index >= 15 is 0 Å². The van der Waals surface area contributed by atoms with Crippen LogP contribution in [-0.4, -0.2) is 26.5 Å². The Morgan fingerprint density at radius 3 is 2.72 bits per heavy atom. The molecule has 0 aliphatic rings. The van der Waals surface area contributed by atoms with Crippen LogP contribution in [0.25, 0.3) is 0 Å². The Kier molecular flexibility index (Phi) is 4.15. The van der Waals surface area contributed by atoms with Gasteiger partial charge in [0.1, 0.15) is 0 Å². The van der Waals surface area contributed by atoms with Gasteiger partial charge in [0.15, 0.2) is 0 Å². The van der Waals surface area contributed by atoms with Gasteiger partial charge in [-0.1, -0.05) is 0 Å². The average Bonchev–Trinajstić information content (AvgIpc) is 2.89. The fourth-order valence-electron chi connectivity index (χ4n) is 1.97. The summed E-state index contributed by atoms with van der Waals surface area (Å²) in [6.07, 6.45) is 6.05. The van der Waals surface area contributed by atoms with Crippen molar-refractivity contribution in [3.63, 3.8) is 0 Å². The van der Waals surface area contributed by atoms with Crippen LogP contribution in [-0.2, 0) is 20.0 Å². The van der Waals surface area contributed by atoms with E-state index in [-0.39, 0.29) is 0 Å².